The lowest BCUT2D eigenvalue weighted by Gasteiger charge is -2.24. The minimum absolute atomic E-state index is 0.255. The number of nitrogens with zero attached hydrogens (tertiary/aromatic N) is 1. The van der Waals surface area contributed by atoms with Gasteiger partial charge in [0.1, 0.15) is 12.4 Å². The molecular weight excluding hydrogens is 523 g/mol. The molecule has 0 N–H and O–H groups in total. The van der Waals surface area contributed by atoms with Gasteiger partial charge in [0.15, 0.2) is 11.6 Å². The van der Waals surface area contributed by atoms with Gasteiger partial charge in [-0.15, -0.1) is 0 Å². The normalized spacial score (nSPS) is 14.7. The lowest BCUT2D eigenvalue weighted by Crippen LogP contribution is -2.17. The molecule has 0 radical (unpaired) electrons. The van der Waals surface area contributed by atoms with Gasteiger partial charge in [0.05, 0.1) is 10.9 Å². The van der Waals surface area contributed by atoms with Crippen LogP contribution in [0.25, 0.3) is 16.6 Å². The highest BCUT2D eigenvalue weighted by Gasteiger charge is 2.28. The molecule has 3 aromatic carbocycles. The van der Waals surface area contributed by atoms with E-state index in [2.05, 4.69) is 27.2 Å². The molecule has 32 heavy (non-hydrogen) atoms. The molecule has 1 aliphatic heterocycles. The van der Waals surface area contributed by atoms with Gasteiger partial charge in [0.2, 0.25) is 0 Å². The summed E-state index contributed by atoms with van der Waals surface area (Å²) in [5.74, 6) is -0.158. The van der Waals surface area contributed by atoms with Crippen molar-refractivity contribution in [2.75, 3.05) is 13.2 Å². The van der Waals surface area contributed by atoms with Crippen molar-refractivity contribution in [3.8, 4) is 11.4 Å². The highest BCUT2D eigenvalue weighted by molar-refractivity contribution is 14.1. The number of halogens is 3. The average molecular weight is 545 g/mol. The molecule has 0 bridgehead atoms. The first-order valence-electron chi connectivity index (χ1n) is 10.7. The Morgan fingerprint density at radius 2 is 1.66 bits per heavy atom. The van der Waals surface area contributed by atoms with E-state index in [9.17, 15) is 4.39 Å². The van der Waals surface area contributed by atoms with Crippen LogP contribution in [0.15, 0.2) is 66.7 Å². The van der Waals surface area contributed by atoms with E-state index < -0.39 is 0 Å². The maximum atomic E-state index is 15.0. The number of aromatic nitrogens is 1. The first kappa shape index (κ1) is 21.4. The quantitative estimate of drug-likeness (QED) is 0.253. The van der Waals surface area contributed by atoms with Crippen LogP contribution < -0.4 is 4.74 Å². The van der Waals surface area contributed by atoms with E-state index in [1.165, 1.54) is 18.2 Å². The summed E-state index contributed by atoms with van der Waals surface area (Å²) in [5, 5.41) is 0.757. The first-order chi connectivity index (χ1) is 15.6. The second-order valence-electron chi connectivity index (χ2n) is 7.94. The summed E-state index contributed by atoms with van der Waals surface area (Å²) in [6.07, 6.45) is 1.77. The predicted molar refractivity (Wildman–Crippen MR) is 129 cm³/mol. The number of hydrogen-bond donors (Lipinski definition) is 0. The number of ether oxygens (including phenoxy) is 2. The predicted octanol–water partition coefficient (Wildman–Crippen LogP) is 6.99. The first-order valence-corrected chi connectivity index (χ1v) is 11.7. The van der Waals surface area contributed by atoms with E-state index in [4.69, 9.17) is 9.47 Å². The van der Waals surface area contributed by atoms with E-state index in [0.29, 0.717) is 13.2 Å². The number of hydrogen-bond acceptors (Lipinski definition) is 2. The van der Waals surface area contributed by atoms with E-state index in [1.54, 1.807) is 18.2 Å². The summed E-state index contributed by atoms with van der Waals surface area (Å²) in [6, 6.07) is 19.4. The summed E-state index contributed by atoms with van der Waals surface area (Å²) in [5.41, 5.74) is 3.78. The van der Waals surface area contributed by atoms with Gasteiger partial charge in [-0.1, -0.05) is 30.3 Å². The van der Waals surface area contributed by atoms with E-state index >= 15 is 4.39 Å². The van der Waals surface area contributed by atoms with Crippen LogP contribution in [0.3, 0.4) is 0 Å². The zero-order valence-electron chi connectivity index (χ0n) is 17.4. The summed E-state index contributed by atoms with van der Waals surface area (Å²) < 4.78 is 43.4. The Balaban J connectivity index is 1.69. The second kappa shape index (κ2) is 9.19. The van der Waals surface area contributed by atoms with Gasteiger partial charge in [-0.3, -0.25) is 0 Å². The molecule has 4 aromatic rings. The molecule has 1 aliphatic rings. The lowest BCUT2D eigenvalue weighted by atomic mass is 9.96. The molecule has 0 unspecified atom stereocenters. The van der Waals surface area contributed by atoms with Gasteiger partial charge in [0.25, 0.3) is 0 Å². The van der Waals surface area contributed by atoms with Crippen molar-refractivity contribution in [1.29, 1.82) is 0 Å². The Hall–Kier alpha value is -2.45. The second-order valence-corrected chi connectivity index (χ2v) is 9.02. The standard InChI is InChI=1S/C26H22F2INO2/c27-19-6-8-20(9-7-19)30-22-11-10-21(28)26(32-16-17-4-2-1-3-5-17)23(22)24(29)25(30)18-12-14-31-15-13-18/h1-11,18H,12-16H2. The SMILES string of the molecule is Fc1ccc(-n2c(C3CCOCC3)c(I)c3c(OCc4ccccc4)c(F)ccc32)cc1. The Kier molecular flexibility index (Phi) is 6.15. The molecule has 0 spiro atoms. The van der Waals surface area contributed by atoms with Gasteiger partial charge in [-0.05, 0) is 77.4 Å². The minimum Gasteiger partial charge on any atom is -0.485 e. The molecule has 6 heteroatoms. The fourth-order valence-corrected chi connectivity index (χ4v) is 5.58. The minimum atomic E-state index is -0.388. The highest BCUT2D eigenvalue weighted by atomic mass is 127. The Bertz CT molecular complexity index is 1230. The van der Waals surface area contributed by atoms with Crippen molar-refractivity contribution >= 4 is 33.5 Å². The van der Waals surface area contributed by atoms with Crippen LogP contribution in [0.1, 0.15) is 30.0 Å². The van der Waals surface area contributed by atoms with Crippen molar-refractivity contribution in [1.82, 2.24) is 4.57 Å². The van der Waals surface area contributed by atoms with Crippen molar-refractivity contribution in [3.63, 3.8) is 0 Å². The van der Waals surface area contributed by atoms with Crippen molar-refractivity contribution < 1.29 is 18.3 Å². The van der Waals surface area contributed by atoms with Crippen LogP contribution in [0.4, 0.5) is 8.78 Å². The van der Waals surface area contributed by atoms with E-state index in [1.807, 2.05) is 30.3 Å². The monoisotopic (exact) mass is 545 g/mol. The van der Waals surface area contributed by atoms with E-state index in [0.717, 1.165) is 44.3 Å². The third kappa shape index (κ3) is 4.01. The summed E-state index contributed by atoms with van der Waals surface area (Å²) in [6.45, 7) is 1.66. The molecule has 2 heterocycles. The zero-order valence-corrected chi connectivity index (χ0v) is 19.5. The zero-order chi connectivity index (χ0) is 22.1. The van der Waals surface area contributed by atoms with Gasteiger partial charge in [-0.25, -0.2) is 8.78 Å². The number of rotatable bonds is 5. The largest absolute Gasteiger partial charge is 0.485 e. The summed E-state index contributed by atoms with van der Waals surface area (Å²) in [4.78, 5) is 0. The topological polar surface area (TPSA) is 23.4 Å². The molecule has 0 saturated carbocycles. The molecule has 1 aromatic heterocycles. The lowest BCUT2D eigenvalue weighted by molar-refractivity contribution is 0.0841. The highest BCUT2D eigenvalue weighted by Crippen LogP contribution is 2.43. The molecule has 0 amide bonds. The summed E-state index contributed by atoms with van der Waals surface area (Å²) in [7, 11) is 0. The van der Waals surface area contributed by atoms with Gasteiger partial charge >= 0.3 is 0 Å². The van der Waals surface area contributed by atoms with Crippen molar-refractivity contribution in [2.45, 2.75) is 25.4 Å². The maximum Gasteiger partial charge on any atom is 0.165 e. The van der Waals surface area contributed by atoms with Crippen LogP contribution in [0, 0.1) is 15.2 Å². The fourth-order valence-electron chi connectivity index (χ4n) is 4.37. The molecule has 1 fully saturated rings. The van der Waals surface area contributed by atoms with Gasteiger partial charge in [-0.2, -0.15) is 0 Å². The third-order valence-corrected chi connectivity index (χ3v) is 7.02. The molecule has 0 atom stereocenters. The van der Waals surface area contributed by atoms with E-state index in [-0.39, 0.29) is 29.9 Å². The molecule has 0 aliphatic carbocycles. The smallest absolute Gasteiger partial charge is 0.165 e. The molecule has 164 valence electrons. The van der Waals surface area contributed by atoms with Crippen LogP contribution in [0.2, 0.25) is 0 Å². The van der Waals surface area contributed by atoms with Crippen molar-refractivity contribution in [2.24, 2.45) is 0 Å². The van der Waals surface area contributed by atoms with Gasteiger partial charge in [0, 0.05) is 34.1 Å². The molecular formula is C26H22F2INO2. The third-order valence-electron chi connectivity index (χ3n) is 5.93. The maximum absolute atomic E-state index is 15.0. The van der Waals surface area contributed by atoms with Crippen molar-refractivity contribution in [3.05, 3.63) is 93.2 Å². The van der Waals surface area contributed by atoms with Crippen LogP contribution in [-0.2, 0) is 11.3 Å². The Labute approximate surface area is 199 Å². The fraction of sp³-hybridized carbons (Fsp3) is 0.231. The average Bonchev–Trinajstić information content (AvgIpc) is 3.12. The number of fused-ring (bicyclic) bond motifs is 1. The Morgan fingerprint density at radius 1 is 0.938 bits per heavy atom. The van der Waals surface area contributed by atoms with Crippen LogP contribution in [0.5, 0.6) is 5.75 Å². The van der Waals surface area contributed by atoms with Crippen LogP contribution >= 0.6 is 22.6 Å². The molecule has 5 rings (SSSR count). The molecule has 3 nitrogen and oxygen atoms in total. The summed E-state index contributed by atoms with van der Waals surface area (Å²) >= 11 is 2.31. The number of benzene rings is 3. The van der Waals surface area contributed by atoms with Crippen LogP contribution in [-0.4, -0.2) is 17.8 Å². The Morgan fingerprint density at radius 3 is 2.38 bits per heavy atom. The molecule has 1 saturated heterocycles. The van der Waals surface area contributed by atoms with Gasteiger partial charge < -0.3 is 14.0 Å².